The van der Waals surface area contributed by atoms with Crippen molar-refractivity contribution in [2.45, 2.75) is 31.7 Å². The van der Waals surface area contributed by atoms with E-state index < -0.39 is 12.0 Å². The van der Waals surface area contributed by atoms with Gasteiger partial charge in [-0.2, -0.15) is 0 Å². The zero-order valence-electron chi connectivity index (χ0n) is 15.5. The van der Waals surface area contributed by atoms with Crippen molar-refractivity contribution in [3.05, 3.63) is 63.6 Å². The number of nitrogens with one attached hydrogen (secondary N) is 1. The number of ether oxygens (including phenoxy) is 1. The van der Waals surface area contributed by atoms with E-state index in [2.05, 4.69) is 32.3 Å². The van der Waals surface area contributed by atoms with Crippen LogP contribution in [0.2, 0.25) is 0 Å². The van der Waals surface area contributed by atoms with Crippen LogP contribution in [0.15, 0.2) is 53.0 Å². The molecule has 0 aliphatic carbocycles. The number of aryl methyl sites for hydroxylation is 1. The molecule has 0 bridgehead atoms. The highest BCUT2D eigenvalue weighted by Crippen LogP contribution is 2.23. The number of nitrogens with zero attached hydrogens (tertiary/aromatic N) is 1. The summed E-state index contributed by atoms with van der Waals surface area (Å²) in [6, 6.07) is 14.5. The summed E-state index contributed by atoms with van der Waals surface area (Å²) in [5, 5.41) is 3.87. The van der Waals surface area contributed by atoms with Gasteiger partial charge in [-0.3, -0.25) is 4.79 Å². The van der Waals surface area contributed by atoms with Crippen molar-refractivity contribution in [2.75, 3.05) is 7.11 Å². The molecule has 2 aromatic carbocycles. The Balaban J connectivity index is 1.50. The average molecular weight is 461 g/mol. The van der Waals surface area contributed by atoms with E-state index in [0.29, 0.717) is 12.0 Å². The molecule has 0 saturated heterocycles. The molecule has 0 aliphatic rings. The summed E-state index contributed by atoms with van der Waals surface area (Å²) in [7, 11) is 1.32. The Morgan fingerprint density at radius 3 is 2.61 bits per heavy atom. The molecule has 3 rings (SSSR count). The third-order valence-electron chi connectivity index (χ3n) is 4.33. The number of hydrogen-bond donors (Lipinski definition) is 1. The van der Waals surface area contributed by atoms with Crippen LogP contribution in [0, 0.1) is 0 Å². The van der Waals surface area contributed by atoms with Gasteiger partial charge in [0.05, 0.1) is 22.3 Å². The molecule has 7 heteroatoms. The highest BCUT2D eigenvalue weighted by molar-refractivity contribution is 9.10. The molecular weight excluding hydrogens is 440 g/mol. The van der Waals surface area contributed by atoms with Crippen molar-refractivity contribution < 1.29 is 14.3 Å². The lowest BCUT2D eigenvalue weighted by Crippen LogP contribution is -2.34. The van der Waals surface area contributed by atoms with Crippen molar-refractivity contribution in [1.29, 1.82) is 0 Å². The first-order valence-electron chi connectivity index (χ1n) is 9.04. The lowest BCUT2D eigenvalue weighted by atomic mass is 10.1. The monoisotopic (exact) mass is 460 g/mol. The number of carbonyl (C=O) groups excluding carboxylic acids is 2. The number of unbranched alkanes of at least 4 members (excludes halogenated alkanes) is 1. The molecule has 1 amide bonds. The largest absolute Gasteiger partial charge is 0.467 e. The minimum absolute atomic E-state index is 0.164. The van der Waals surface area contributed by atoms with Crippen LogP contribution in [-0.4, -0.2) is 24.0 Å². The number of aromatic nitrogens is 1. The normalized spacial score (nSPS) is 11.9. The molecule has 3 aromatic rings. The first-order valence-corrected chi connectivity index (χ1v) is 10.6. The molecule has 1 aromatic heterocycles. The molecule has 1 unspecified atom stereocenters. The number of esters is 1. The van der Waals surface area contributed by atoms with E-state index in [0.717, 1.165) is 34.3 Å². The molecule has 146 valence electrons. The van der Waals surface area contributed by atoms with Crippen LogP contribution in [0.4, 0.5) is 0 Å². The Morgan fingerprint density at radius 1 is 1.14 bits per heavy atom. The smallest absolute Gasteiger partial charge is 0.333 e. The topological polar surface area (TPSA) is 68.3 Å². The van der Waals surface area contributed by atoms with Crippen LogP contribution in [0.25, 0.3) is 10.2 Å². The fourth-order valence-electron chi connectivity index (χ4n) is 2.87. The number of rotatable bonds is 8. The molecule has 0 spiro atoms. The molecular formula is C21H21BrN2O3S. The average Bonchev–Trinajstić information content (AvgIpc) is 3.12. The summed E-state index contributed by atoms with van der Waals surface area (Å²) in [4.78, 5) is 29.0. The van der Waals surface area contributed by atoms with Gasteiger partial charge in [0.1, 0.15) is 0 Å². The number of hydrogen-bond acceptors (Lipinski definition) is 5. The van der Waals surface area contributed by atoms with Gasteiger partial charge in [-0.15, -0.1) is 11.3 Å². The number of methoxy groups -OCH3 is 1. The van der Waals surface area contributed by atoms with Gasteiger partial charge in [-0.25, -0.2) is 9.78 Å². The quantitative estimate of drug-likeness (QED) is 0.387. The maximum absolute atomic E-state index is 12.3. The van der Waals surface area contributed by atoms with Gasteiger partial charge in [0.25, 0.3) is 0 Å². The van der Waals surface area contributed by atoms with Crippen LogP contribution in [0.5, 0.6) is 0 Å². The van der Waals surface area contributed by atoms with Gasteiger partial charge in [0.15, 0.2) is 6.04 Å². The second kappa shape index (κ2) is 9.80. The zero-order valence-corrected chi connectivity index (χ0v) is 17.9. The first-order chi connectivity index (χ1) is 13.6. The summed E-state index contributed by atoms with van der Waals surface area (Å²) < 4.78 is 6.93. The maximum atomic E-state index is 12.3. The maximum Gasteiger partial charge on any atom is 0.333 e. The number of amides is 1. The lowest BCUT2D eigenvalue weighted by molar-refractivity contribution is -0.145. The van der Waals surface area contributed by atoms with Crippen LogP contribution in [0.1, 0.15) is 35.9 Å². The van der Waals surface area contributed by atoms with E-state index in [9.17, 15) is 9.59 Å². The van der Waals surface area contributed by atoms with Gasteiger partial charge in [0, 0.05) is 10.9 Å². The minimum atomic E-state index is -0.796. The summed E-state index contributed by atoms with van der Waals surface area (Å²) in [6.45, 7) is 0. The standard InChI is InChI=1S/C21H21BrN2O3S/c1-27-21(26)20(14-10-12-15(22)13-11-14)24-18(25)8-4-5-9-19-23-16-6-2-3-7-17(16)28-19/h2-3,6-7,10-13,20H,4-5,8-9H2,1H3,(H,24,25). The van der Waals surface area contributed by atoms with Gasteiger partial charge in [-0.05, 0) is 49.1 Å². The minimum Gasteiger partial charge on any atom is -0.467 e. The molecule has 0 aliphatic heterocycles. The second-order valence-electron chi connectivity index (χ2n) is 6.36. The van der Waals surface area contributed by atoms with Gasteiger partial charge in [0.2, 0.25) is 5.91 Å². The SMILES string of the molecule is COC(=O)C(NC(=O)CCCCc1nc2ccccc2s1)c1ccc(Br)cc1. The Kier molecular flexibility index (Phi) is 7.17. The number of benzene rings is 2. The van der Waals surface area contributed by atoms with E-state index in [-0.39, 0.29) is 5.91 Å². The molecule has 1 heterocycles. The number of carbonyl (C=O) groups is 2. The molecule has 5 nitrogen and oxygen atoms in total. The Labute approximate surface area is 176 Å². The number of para-hydroxylation sites is 1. The van der Waals surface area contributed by atoms with Gasteiger partial charge in [-0.1, -0.05) is 40.2 Å². The van der Waals surface area contributed by atoms with Crippen LogP contribution in [0.3, 0.4) is 0 Å². The van der Waals surface area contributed by atoms with Crippen molar-refractivity contribution in [2.24, 2.45) is 0 Å². The molecule has 0 fully saturated rings. The summed E-state index contributed by atoms with van der Waals surface area (Å²) in [6.07, 6.45) is 2.80. The van der Waals surface area contributed by atoms with E-state index in [1.54, 1.807) is 23.5 Å². The molecule has 0 radical (unpaired) electrons. The highest BCUT2D eigenvalue weighted by atomic mass is 79.9. The van der Waals surface area contributed by atoms with Crippen LogP contribution >= 0.6 is 27.3 Å². The molecule has 1 atom stereocenters. The predicted molar refractivity (Wildman–Crippen MR) is 114 cm³/mol. The fraction of sp³-hybridized carbons (Fsp3) is 0.286. The Hall–Kier alpha value is -2.25. The summed E-state index contributed by atoms with van der Waals surface area (Å²) in [5.41, 5.74) is 1.72. The third kappa shape index (κ3) is 5.39. The number of halogens is 1. The van der Waals surface area contributed by atoms with Crippen molar-refractivity contribution in [3.8, 4) is 0 Å². The van der Waals surface area contributed by atoms with E-state index in [1.165, 1.54) is 11.8 Å². The van der Waals surface area contributed by atoms with Crippen LogP contribution < -0.4 is 5.32 Å². The van der Waals surface area contributed by atoms with Crippen molar-refractivity contribution >= 4 is 49.4 Å². The van der Waals surface area contributed by atoms with Crippen LogP contribution in [-0.2, 0) is 20.7 Å². The van der Waals surface area contributed by atoms with E-state index in [1.807, 2.05) is 30.3 Å². The summed E-state index contributed by atoms with van der Waals surface area (Å²) >= 11 is 5.06. The van der Waals surface area contributed by atoms with E-state index >= 15 is 0 Å². The zero-order chi connectivity index (χ0) is 19.9. The molecule has 1 N–H and O–H groups in total. The molecule has 0 saturated carbocycles. The lowest BCUT2D eigenvalue weighted by Gasteiger charge is -2.17. The number of thiazole rings is 1. The van der Waals surface area contributed by atoms with Crippen molar-refractivity contribution in [3.63, 3.8) is 0 Å². The first kappa shape index (κ1) is 20.5. The van der Waals surface area contributed by atoms with Gasteiger partial charge < -0.3 is 10.1 Å². The fourth-order valence-corrected chi connectivity index (χ4v) is 4.15. The second-order valence-corrected chi connectivity index (χ2v) is 8.39. The summed E-state index contributed by atoms with van der Waals surface area (Å²) in [5.74, 6) is -0.646. The number of fused-ring (bicyclic) bond motifs is 1. The Bertz CT molecular complexity index is 923. The van der Waals surface area contributed by atoms with E-state index in [4.69, 9.17) is 4.74 Å². The predicted octanol–water partition coefficient (Wildman–Crippen LogP) is 4.80. The van der Waals surface area contributed by atoms with Gasteiger partial charge >= 0.3 is 5.97 Å². The Morgan fingerprint density at radius 2 is 1.89 bits per heavy atom. The highest BCUT2D eigenvalue weighted by Gasteiger charge is 2.23. The molecule has 28 heavy (non-hydrogen) atoms. The van der Waals surface area contributed by atoms with Crippen molar-refractivity contribution in [1.82, 2.24) is 10.3 Å². The third-order valence-corrected chi connectivity index (χ3v) is 5.95.